The Bertz CT molecular complexity index is 844. The van der Waals surface area contributed by atoms with E-state index in [9.17, 15) is 13.2 Å². The van der Waals surface area contributed by atoms with Crippen LogP contribution in [0.1, 0.15) is 12.0 Å². The Morgan fingerprint density at radius 2 is 2.04 bits per heavy atom. The maximum absolute atomic E-state index is 12.3. The maximum Gasteiger partial charge on any atom is 0.246 e. The number of tetrazole rings is 1. The summed E-state index contributed by atoms with van der Waals surface area (Å²) in [5.41, 5.74) is 1.96. The van der Waals surface area contributed by atoms with Crippen LogP contribution >= 0.6 is 0 Å². The molecule has 2 aromatic rings. The number of nitrogens with zero attached hydrogens (tertiary/aromatic N) is 5. The lowest BCUT2D eigenvalue weighted by molar-refractivity contribution is -0.132. The summed E-state index contributed by atoms with van der Waals surface area (Å²) in [6, 6.07) is 7.43. The lowest BCUT2D eigenvalue weighted by atomic mass is 10.1. The van der Waals surface area contributed by atoms with Crippen molar-refractivity contribution in [3.05, 3.63) is 29.8 Å². The molecule has 0 saturated carbocycles. The van der Waals surface area contributed by atoms with E-state index in [2.05, 4.69) is 15.4 Å². The summed E-state index contributed by atoms with van der Waals surface area (Å²) in [7, 11) is -1.41. The first-order chi connectivity index (χ1) is 11.3. The smallest absolute Gasteiger partial charge is 0.246 e. The van der Waals surface area contributed by atoms with Gasteiger partial charge in [0.1, 0.15) is 6.54 Å². The van der Waals surface area contributed by atoms with Crippen LogP contribution < -0.4 is 0 Å². The predicted molar refractivity (Wildman–Crippen MR) is 87.8 cm³/mol. The van der Waals surface area contributed by atoms with Gasteiger partial charge in [0.05, 0.1) is 11.5 Å². The molecular formula is C15H19N5O3S. The second-order valence-electron chi connectivity index (χ2n) is 6.07. The van der Waals surface area contributed by atoms with Crippen LogP contribution in [0, 0.1) is 6.92 Å². The minimum absolute atomic E-state index is 0.0225. The van der Waals surface area contributed by atoms with Crippen LogP contribution in [0.5, 0.6) is 0 Å². The summed E-state index contributed by atoms with van der Waals surface area (Å²) in [4.78, 5) is 15.0. The number of benzene rings is 1. The molecule has 0 unspecified atom stereocenters. The Morgan fingerprint density at radius 1 is 1.33 bits per heavy atom. The third-order valence-electron chi connectivity index (χ3n) is 4.19. The molecule has 0 N–H and O–H groups in total. The molecule has 3 rings (SSSR count). The molecule has 1 aliphatic heterocycles. The SMILES string of the molecule is Cc1ccc(-c2nnn(CC(=O)N(C)[C@H]3CCS(=O)(=O)C3)n2)cc1. The van der Waals surface area contributed by atoms with Crippen molar-refractivity contribution in [2.45, 2.75) is 25.9 Å². The van der Waals surface area contributed by atoms with Crippen molar-refractivity contribution in [1.29, 1.82) is 0 Å². The molecule has 0 spiro atoms. The highest BCUT2D eigenvalue weighted by Crippen LogP contribution is 2.17. The van der Waals surface area contributed by atoms with Gasteiger partial charge in [-0.2, -0.15) is 4.80 Å². The van der Waals surface area contributed by atoms with Crippen molar-refractivity contribution in [3.63, 3.8) is 0 Å². The standard InChI is InChI=1S/C15H19N5O3S/c1-11-3-5-12(6-4-11)15-16-18-20(17-15)9-14(21)19(2)13-7-8-24(22,23)10-13/h3-6,13H,7-10H2,1-2H3/t13-/m0/s1. The van der Waals surface area contributed by atoms with E-state index in [0.717, 1.165) is 11.1 Å². The summed E-state index contributed by atoms with van der Waals surface area (Å²) < 4.78 is 23.1. The lowest BCUT2D eigenvalue weighted by Crippen LogP contribution is -2.40. The van der Waals surface area contributed by atoms with Gasteiger partial charge in [-0.3, -0.25) is 4.79 Å². The molecule has 24 heavy (non-hydrogen) atoms. The first-order valence-corrected chi connectivity index (χ1v) is 9.47. The van der Waals surface area contributed by atoms with Crippen LogP contribution in [0.15, 0.2) is 24.3 Å². The lowest BCUT2D eigenvalue weighted by Gasteiger charge is -2.22. The van der Waals surface area contributed by atoms with Crippen LogP contribution in [0.3, 0.4) is 0 Å². The topological polar surface area (TPSA) is 98.0 Å². The highest BCUT2D eigenvalue weighted by atomic mass is 32.2. The molecule has 8 nitrogen and oxygen atoms in total. The van der Waals surface area contributed by atoms with Gasteiger partial charge in [-0.05, 0) is 18.6 Å². The molecule has 1 aliphatic rings. The highest BCUT2D eigenvalue weighted by molar-refractivity contribution is 7.91. The van der Waals surface area contributed by atoms with Gasteiger partial charge >= 0.3 is 0 Å². The fourth-order valence-electron chi connectivity index (χ4n) is 2.65. The van der Waals surface area contributed by atoms with Crippen molar-refractivity contribution in [2.24, 2.45) is 0 Å². The van der Waals surface area contributed by atoms with E-state index in [-0.39, 0.29) is 30.0 Å². The van der Waals surface area contributed by atoms with Gasteiger partial charge < -0.3 is 4.90 Å². The number of sulfone groups is 1. The number of carbonyl (C=O) groups excluding carboxylic acids is 1. The zero-order valence-electron chi connectivity index (χ0n) is 13.6. The van der Waals surface area contributed by atoms with Crippen LogP contribution in [-0.2, 0) is 21.2 Å². The zero-order valence-corrected chi connectivity index (χ0v) is 14.4. The fraction of sp³-hybridized carbons (Fsp3) is 0.467. The number of hydrogen-bond acceptors (Lipinski definition) is 6. The first kappa shape index (κ1) is 16.6. The molecule has 1 amide bonds. The minimum atomic E-state index is -3.03. The molecule has 1 aromatic carbocycles. The van der Waals surface area contributed by atoms with Crippen molar-refractivity contribution < 1.29 is 13.2 Å². The number of rotatable bonds is 4. The number of amides is 1. The van der Waals surface area contributed by atoms with Gasteiger partial charge in [0.15, 0.2) is 9.84 Å². The third kappa shape index (κ3) is 3.61. The molecule has 0 radical (unpaired) electrons. The molecule has 1 aromatic heterocycles. The summed E-state index contributed by atoms with van der Waals surface area (Å²) in [5.74, 6) is 0.377. The monoisotopic (exact) mass is 349 g/mol. The van der Waals surface area contributed by atoms with Gasteiger partial charge in [0.25, 0.3) is 0 Å². The van der Waals surface area contributed by atoms with Gasteiger partial charge in [-0.1, -0.05) is 29.8 Å². The Labute approximate surface area is 140 Å². The number of aryl methyl sites for hydroxylation is 1. The fourth-order valence-corrected chi connectivity index (χ4v) is 4.42. The summed E-state index contributed by atoms with van der Waals surface area (Å²) in [6.07, 6.45) is 0.476. The molecule has 1 fully saturated rings. The van der Waals surface area contributed by atoms with Crippen molar-refractivity contribution >= 4 is 15.7 Å². The Hall–Kier alpha value is -2.29. The van der Waals surface area contributed by atoms with E-state index in [1.165, 1.54) is 9.70 Å². The summed E-state index contributed by atoms with van der Waals surface area (Å²) in [5, 5.41) is 12.1. The third-order valence-corrected chi connectivity index (χ3v) is 5.94. The Kier molecular flexibility index (Phi) is 4.35. The van der Waals surface area contributed by atoms with Gasteiger partial charge in [0.2, 0.25) is 11.7 Å². The second kappa shape index (κ2) is 6.31. The van der Waals surface area contributed by atoms with Gasteiger partial charge in [0, 0.05) is 18.7 Å². The molecular weight excluding hydrogens is 330 g/mol. The highest BCUT2D eigenvalue weighted by Gasteiger charge is 2.32. The average Bonchev–Trinajstić information content (AvgIpc) is 3.13. The normalized spacial score (nSPS) is 19.3. The predicted octanol–water partition coefficient (Wildman–Crippen LogP) is 0.294. The summed E-state index contributed by atoms with van der Waals surface area (Å²) >= 11 is 0. The van der Waals surface area contributed by atoms with E-state index in [4.69, 9.17) is 0 Å². The van der Waals surface area contributed by atoms with Crippen LogP contribution in [0.2, 0.25) is 0 Å². The van der Waals surface area contributed by atoms with Crippen LogP contribution in [0.25, 0.3) is 11.4 Å². The molecule has 2 heterocycles. The number of hydrogen-bond donors (Lipinski definition) is 0. The van der Waals surface area contributed by atoms with Crippen molar-refractivity contribution in [3.8, 4) is 11.4 Å². The first-order valence-electron chi connectivity index (χ1n) is 7.65. The molecule has 0 aliphatic carbocycles. The van der Waals surface area contributed by atoms with Crippen molar-refractivity contribution in [2.75, 3.05) is 18.6 Å². The number of likely N-dealkylation sites (N-methyl/N-ethyl adjacent to an activating group) is 1. The maximum atomic E-state index is 12.3. The molecule has 1 atom stereocenters. The van der Waals surface area contributed by atoms with E-state index < -0.39 is 9.84 Å². The van der Waals surface area contributed by atoms with E-state index in [0.29, 0.717) is 12.2 Å². The number of aromatic nitrogens is 4. The average molecular weight is 349 g/mol. The van der Waals surface area contributed by atoms with Gasteiger partial charge in [-0.25, -0.2) is 8.42 Å². The van der Waals surface area contributed by atoms with E-state index in [1.807, 2.05) is 31.2 Å². The number of carbonyl (C=O) groups is 1. The van der Waals surface area contributed by atoms with Gasteiger partial charge in [-0.15, -0.1) is 10.2 Å². The van der Waals surface area contributed by atoms with Crippen LogP contribution in [-0.4, -0.2) is 64.0 Å². The zero-order chi connectivity index (χ0) is 17.3. The van der Waals surface area contributed by atoms with Crippen LogP contribution in [0.4, 0.5) is 0 Å². The van der Waals surface area contributed by atoms with E-state index in [1.54, 1.807) is 7.05 Å². The molecule has 1 saturated heterocycles. The largest absolute Gasteiger partial charge is 0.340 e. The quantitative estimate of drug-likeness (QED) is 0.787. The Balaban J connectivity index is 1.66. The molecule has 0 bridgehead atoms. The summed E-state index contributed by atoms with van der Waals surface area (Å²) in [6.45, 7) is 1.93. The van der Waals surface area contributed by atoms with E-state index >= 15 is 0 Å². The van der Waals surface area contributed by atoms with Crippen molar-refractivity contribution in [1.82, 2.24) is 25.1 Å². The minimum Gasteiger partial charge on any atom is -0.340 e. The molecule has 128 valence electrons. The molecule has 9 heteroatoms. The second-order valence-corrected chi connectivity index (χ2v) is 8.30. The Morgan fingerprint density at radius 3 is 2.67 bits per heavy atom.